The first kappa shape index (κ1) is 13.2. The van der Waals surface area contributed by atoms with Gasteiger partial charge in [0.1, 0.15) is 11.1 Å². The van der Waals surface area contributed by atoms with Crippen molar-refractivity contribution >= 4 is 17.1 Å². The summed E-state index contributed by atoms with van der Waals surface area (Å²) in [4.78, 5) is 15.2. The molecule has 0 bridgehead atoms. The predicted molar refractivity (Wildman–Crippen MR) is 70.1 cm³/mol. The molecule has 0 aliphatic carbocycles. The summed E-state index contributed by atoms with van der Waals surface area (Å²) in [5.74, 6) is -2.75. The van der Waals surface area contributed by atoms with E-state index in [0.717, 1.165) is 12.1 Å². The Morgan fingerprint density at radius 2 is 2.00 bits per heavy atom. The minimum absolute atomic E-state index is 0.0107. The van der Waals surface area contributed by atoms with E-state index in [1.165, 1.54) is 12.1 Å². The molecule has 2 aromatic carbocycles. The normalized spacial score (nSPS) is 11.0. The molecule has 0 amide bonds. The summed E-state index contributed by atoms with van der Waals surface area (Å²) < 4.78 is 31.4. The van der Waals surface area contributed by atoms with Gasteiger partial charge < -0.3 is 9.52 Å². The number of aromatic nitrogens is 1. The van der Waals surface area contributed by atoms with E-state index in [1.54, 1.807) is 12.1 Å². The highest BCUT2D eigenvalue weighted by Gasteiger charge is 2.15. The molecule has 106 valence electrons. The summed E-state index contributed by atoms with van der Waals surface area (Å²) in [5.41, 5.74) is 1.07. The predicted octanol–water partition coefficient (Wildman–Crippen LogP) is 3.40. The van der Waals surface area contributed by atoms with Crippen molar-refractivity contribution in [2.75, 3.05) is 0 Å². The van der Waals surface area contributed by atoms with E-state index in [1.807, 2.05) is 0 Å². The second kappa shape index (κ2) is 4.97. The van der Waals surface area contributed by atoms with Crippen LogP contribution in [0.15, 0.2) is 40.8 Å². The summed E-state index contributed by atoms with van der Waals surface area (Å²) in [5, 5.41) is 9.07. The van der Waals surface area contributed by atoms with Crippen molar-refractivity contribution < 1.29 is 23.1 Å². The lowest BCUT2D eigenvalue weighted by atomic mass is 10.1. The van der Waals surface area contributed by atoms with Crippen molar-refractivity contribution in [1.29, 1.82) is 0 Å². The molecule has 1 aromatic heterocycles. The van der Waals surface area contributed by atoms with E-state index in [4.69, 9.17) is 9.52 Å². The molecule has 0 saturated heterocycles. The van der Waals surface area contributed by atoms with Crippen molar-refractivity contribution in [3.05, 3.63) is 65.1 Å². The number of rotatable bonds is 3. The molecular weight excluding hydrogens is 280 g/mol. The molecule has 0 unspecified atom stereocenters. The average Bonchev–Trinajstić information content (AvgIpc) is 2.84. The monoisotopic (exact) mass is 289 g/mol. The quantitative estimate of drug-likeness (QED) is 0.802. The highest BCUT2D eigenvalue weighted by Crippen LogP contribution is 2.22. The minimum atomic E-state index is -1.11. The fraction of sp³-hybridized carbons (Fsp3) is 0.0667. The Balaban J connectivity index is 1.99. The smallest absolute Gasteiger partial charge is 0.339 e. The highest BCUT2D eigenvalue weighted by atomic mass is 19.2. The Morgan fingerprint density at radius 3 is 2.71 bits per heavy atom. The summed E-state index contributed by atoms with van der Waals surface area (Å²) in [6.07, 6.45) is 0.144. The van der Waals surface area contributed by atoms with Gasteiger partial charge in [0, 0.05) is 6.42 Å². The molecule has 0 spiro atoms. The van der Waals surface area contributed by atoms with Crippen LogP contribution in [-0.2, 0) is 6.42 Å². The third-order valence-corrected chi connectivity index (χ3v) is 3.03. The number of carbonyl (C=O) groups is 1. The molecule has 4 nitrogen and oxygen atoms in total. The summed E-state index contributed by atoms with van der Waals surface area (Å²) in [7, 11) is 0. The average molecular weight is 289 g/mol. The minimum Gasteiger partial charge on any atom is -0.478 e. The third-order valence-electron chi connectivity index (χ3n) is 3.03. The molecule has 1 N–H and O–H groups in total. The topological polar surface area (TPSA) is 63.3 Å². The van der Waals surface area contributed by atoms with Crippen LogP contribution in [0.2, 0.25) is 0 Å². The number of carboxylic acids is 1. The first-order valence-electron chi connectivity index (χ1n) is 6.10. The molecule has 0 fully saturated rings. The van der Waals surface area contributed by atoms with Crippen LogP contribution in [0.3, 0.4) is 0 Å². The molecule has 0 aliphatic heterocycles. The second-order valence-electron chi connectivity index (χ2n) is 4.49. The van der Waals surface area contributed by atoms with Crippen LogP contribution in [0.1, 0.15) is 21.8 Å². The maximum atomic E-state index is 13.2. The largest absolute Gasteiger partial charge is 0.478 e. The van der Waals surface area contributed by atoms with Gasteiger partial charge in [0.15, 0.2) is 23.1 Å². The van der Waals surface area contributed by atoms with Gasteiger partial charge in [-0.2, -0.15) is 0 Å². The third kappa shape index (κ3) is 2.47. The number of benzene rings is 2. The van der Waals surface area contributed by atoms with E-state index in [0.29, 0.717) is 11.1 Å². The molecule has 0 atom stereocenters. The molecular formula is C15H9F2NO3. The van der Waals surface area contributed by atoms with E-state index in [2.05, 4.69) is 4.98 Å². The summed E-state index contributed by atoms with van der Waals surface area (Å²) >= 11 is 0. The van der Waals surface area contributed by atoms with Crippen LogP contribution in [0, 0.1) is 11.6 Å². The molecule has 0 aliphatic rings. The van der Waals surface area contributed by atoms with Gasteiger partial charge in [-0.25, -0.2) is 18.6 Å². The molecule has 21 heavy (non-hydrogen) atoms. The van der Waals surface area contributed by atoms with E-state index < -0.39 is 17.6 Å². The fourth-order valence-corrected chi connectivity index (χ4v) is 2.06. The number of nitrogens with zero attached hydrogens (tertiary/aromatic N) is 1. The lowest BCUT2D eigenvalue weighted by Crippen LogP contribution is -1.95. The number of para-hydroxylation sites is 1. The molecule has 0 saturated carbocycles. The van der Waals surface area contributed by atoms with Crippen LogP contribution in [0.25, 0.3) is 11.1 Å². The standard InChI is InChI=1S/C15H9F2NO3/c16-10-5-4-8(6-11(10)17)7-13-18-12-3-1-2-9(15(19)20)14(12)21-13/h1-6H,7H2,(H,19,20). The first-order valence-corrected chi connectivity index (χ1v) is 6.10. The van der Waals surface area contributed by atoms with Crippen LogP contribution < -0.4 is 0 Å². The first-order chi connectivity index (χ1) is 10.0. The molecule has 3 aromatic rings. The van der Waals surface area contributed by atoms with E-state index in [9.17, 15) is 13.6 Å². The molecule has 0 radical (unpaired) electrons. The Labute approximate surface area is 117 Å². The van der Waals surface area contributed by atoms with E-state index >= 15 is 0 Å². The molecule has 1 heterocycles. The number of hydrogen-bond donors (Lipinski definition) is 1. The second-order valence-corrected chi connectivity index (χ2v) is 4.49. The van der Waals surface area contributed by atoms with Crippen molar-refractivity contribution in [2.45, 2.75) is 6.42 Å². The van der Waals surface area contributed by atoms with Gasteiger partial charge in [-0.05, 0) is 29.8 Å². The zero-order valence-electron chi connectivity index (χ0n) is 10.6. The van der Waals surface area contributed by atoms with Gasteiger partial charge in [-0.1, -0.05) is 12.1 Å². The number of aromatic carboxylic acids is 1. The van der Waals surface area contributed by atoms with Gasteiger partial charge in [0.2, 0.25) is 0 Å². The number of fused-ring (bicyclic) bond motifs is 1. The van der Waals surface area contributed by atoms with Gasteiger partial charge >= 0.3 is 5.97 Å². The zero-order chi connectivity index (χ0) is 15.0. The van der Waals surface area contributed by atoms with Crippen molar-refractivity contribution in [3.63, 3.8) is 0 Å². The Kier molecular flexibility index (Phi) is 3.13. The van der Waals surface area contributed by atoms with Gasteiger partial charge in [0.25, 0.3) is 0 Å². The number of halogens is 2. The van der Waals surface area contributed by atoms with Crippen molar-refractivity contribution in [2.24, 2.45) is 0 Å². The maximum absolute atomic E-state index is 13.2. The highest BCUT2D eigenvalue weighted by molar-refractivity contribution is 5.99. The zero-order valence-corrected chi connectivity index (χ0v) is 10.6. The van der Waals surface area contributed by atoms with Crippen molar-refractivity contribution in [1.82, 2.24) is 4.98 Å². The van der Waals surface area contributed by atoms with Gasteiger partial charge in [0.05, 0.1) is 0 Å². The van der Waals surface area contributed by atoms with Gasteiger partial charge in [-0.3, -0.25) is 0 Å². The molecule has 3 rings (SSSR count). The Hall–Kier alpha value is -2.76. The lowest BCUT2D eigenvalue weighted by molar-refractivity contribution is 0.0698. The van der Waals surface area contributed by atoms with Crippen LogP contribution >= 0.6 is 0 Å². The fourth-order valence-electron chi connectivity index (χ4n) is 2.06. The number of hydrogen-bond acceptors (Lipinski definition) is 3. The Morgan fingerprint density at radius 1 is 1.19 bits per heavy atom. The SMILES string of the molecule is O=C(O)c1cccc2nc(Cc3ccc(F)c(F)c3)oc12. The maximum Gasteiger partial charge on any atom is 0.339 e. The number of oxazole rings is 1. The molecule has 6 heteroatoms. The van der Waals surface area contributed by atoms with Crippen LogP contribution in [0.5, 0.6) is 0 Å². The lowest BCUT2D eigenvalue weighted by Gasteiger charge is -1.98. The van der Waals surface area contributed by atoms with Crippen molar-refractivity contribution in [3.8, 4) is 0 Å². The van der Waals surface area contributed by atoms with Gasteiger partial charge in [-0.15, -0.1) is 0 Å². The van der Waals surface area contributed by atoms with Crippen LogP contribution in [0.4, 0.5) is 8.78 Å². The summed E-state index contributed by atoms with van der Waals surface area (Å²) in [6.45, 7) is 0. The number of carboxylic acid groups (broad SMARTS) is 1. The Bertz CT molecular complexity index is 842. The van der Waals surface area contributed by atoms with Crippen LogP contribution in [-0.4, -0.2) is 16.1 Å². The summed E-state index contributed by atoms with van der Waals surface area (Å²) in [6, 6.07) is 8.11. The van der Waals surface area contributed by atoms with E-state index in [-0.39, 0.29) is 23.5 Å².